The number of likely N-dealkylation sites (N-methyl/N-ethyl adjacent to an activating group) is 1. The maximum absolute atomic E-state index is 11.5. The minimum atomic E-state index is -3.83. The number of anilines is 1. The van der Waals surface area contributed by atoms with Crippen molar-refractivity contribution in [2.24, 2.45) is 0 Å². The van der Waals surface area contributed by atoms with Crippen LogP contribution in [0.3, 0.4) is 0 Å². The molecule has 0 radical (unpaired) electrons. The highest BCUT2D eigenvalue weighted by molar-refractivity contribution is 8.13. The normalized spacial score (nSPS) is 15.4. The van der Waals surface area contributed by atoms with E-state index in [0.717, 1.165) is 5.56 Å². The summed E-state index contributed by atoms with van der Waals surface area (Å²) in [6, 6.07) is 3.29. The molecule has 0 bridgehead atoms. The molecule has 0 unspecified atom stereocenters. The summed E-state index contributed by atoms with van der Waals surface area (Å²) in [6.07, 6.45) is 0.229. The van der Waals surface area contributed by atoms with Gasteiger partial charge in [-0.2, -0.15) is 0 Å². The third-order valence-electron chi connectivity index (χ3n) is 2.61. The van der Waals surface area contributed by atoms with Gasteiger partial charge in [-0.3, -0.25) is 4.79 Å². The highest BCUT2D eigenvalue weighted by atomic mass is 35.7. The maximum atomic E-state index is 11.5. The summed E-state index contributed by atoms with van der Waals surface area (Å²) < 4.78 is 22.8. The molecule has 86 valence electrons. The number of benzene rings is 1. The van der Waals surface area contributed by atoms with Gasteiger partial charge in [-0.1, -0.05) is 6.07 Å². The molecule has 1 aromatic rings. The number of nitrogens with zero attached hydrogens (tertiary/aromatic N) is 1. The summed E-state index contributed by atoms with van der Waals surface area (Å²) in [5.41, 5.74) is 1.90. The molecule has 1 aliphatic heterocycles. The third-order valence-corrected chi connectivity index (χ3v) is 3.95. The topological polar surface area (TPSA) is 54.5 Å². The molecule has 2 rings (SSSR count). The Kier molecular flexibility index (Phi) is 2.47. The molecule has 4 nitrogen and oxygen atoms in total. The van der Waals surface area contributed by atoms with Gasteiger partial charge < -0.3 is 4.90 Å². The van der Waals surface area contributed by atoms with Gasteiger partial charge in [-0.05, 0) is 24.1 Å². The first-order chi connectivity index (χ1) is 7.30. The van der Waals surface area contributed by atoms with E-state index in [1.807, 2.05) is 6.07 Å². The fraction of sp³-hybridized carbons (Fsp3) is 0.300. The summed E-state index contributed by atoms with van der Waals surface area (Å²) in [6.45, 7) is 1.77. The lowest BCUT2D eigenvalue weighted by atomic mass is 10.1. The van der Waals surface area contributed by atoms with Gasteiger partial charge in [-0.25, -0.2) is 8.42 Å². The van der Waals surface area contributed by atoms with Crippen LogP contribution in [0.4, 0.5) is 5.69 Å². The molecule has 0 fully saturated rings. The highest BCUT2D eigenvalue weighted by Gasteiger charge is 2.31. The lowest BCUT2D eigenvalue weighted by molar-refractivity contribution is -0.117. The van der Waals surface area contributed by atoms with Gasteiger partial charge in [0.1, 0.15) is 4.90 Å². The first kappa shape index (κ1) is 11.4. The largest absolute Gasteiger partial charge is 0.314 e. The Bertz CT molecular complexity index is 580. The minimum absolute atomic E-state index is 0.0116. The molecular formula is C10H10ClNO3S. The Hall–Kier alpha value is -1.07. The van der Waals surface area contributed by atoms with Crippen LogP contribution >= 0.6 is 10.7 Å². The van der Waals surface area contributed by atoms with Crippen molar-refractivity contribution in [1.29, 1.82) is 0 Å². The summed E-state index contributed by atoms with van der Waals surface area (Å²) in [5, 5.41) is 0. The predicted molar refractivity (Wildman–Crippen MR) is 61.3 cm³/mol. The Morgan fingerprint density at radius 2 is 2.00 bits per heavy atom. The van der Waals surface area contributed by atoms with Crippen LogP contribution in [0, 0.1) is 6.92 Å². The fourth-order valence-electron chi connectivity index (χ4n) is 1.93. The summed E-state index contributed by atoms with van der Waals surface area (Å²) in [7, 11) is 3.08. The molecule has 1 aliphatic rings. The van der Waals surface area contributed by atoms with Gasteiger partial charge in [0.2, 0.25) is 5.91 Å². The molecular weight excluding hydrogens is 250 g/mol. The number of amides is 1. The SMILES string of the molecule is Cc1cc2c(c(S(=O)(=O)Cl)c1)N(C)C(=O)C2. The van der Waals surface area contributed by atoms with Gasteiger partial charge in [0, 0.05) is 17.7 Å². The monoisotopic (exact) mass is 259 g/mol. The van der Waals surface area contributed by atoms with Crippen molar-refractivity contribution in [3.05, 3.63) is 23.3 Å². The number of fused-ring (bicyclic) bond motifs is 1. The fourth-order valence-corrected chi connectivity index (χ4v) is 3.10. The van der Waals surface area contributed by atoms with E-state index in [9.17, 15) is 13.2 Å². The molecule has 0 aliphatic carbocycles. The number of carbonyl (C=O) groups is 1. The average molecular weight is 260 g/mol. The molecule has 0 atom stereocenters. The summed E-state index contributed by atoms with van der Waals surface area (Å²) in [5.74, 6) is -0.123. The molecule has 6 heteroatoms. The standard InChI is InChI=1S/C10H10ClNO3S/c1-6-3-7-5-9(13)12(2)10(7)8(4-6)16(11,14)15/h3-4H,5H2,1-2H3. The van der Waals surface area contributed by atoms with E-state index in [0.29, 0.717) is 11.3 Å². The average Bonchev–Trinajstić information content (AvgIpc) is 2.39. The Balaban J connectivity index is 2.79. The number of rotatable bonds is 1. The first-order valence-corrected chi connectivity index (χ1v) is 6.96. The van der Waals surface area contributed by atoms with Crippen molar-refractivity contribution in [1.82, 2.24) is 0 Å². The van der Waals surface area contributed by atoms with Gasteiger partial charge in [0.05, 0.1) is 12.1 Å². The van der Waals surface area contributed by atoms with E-state index < -0.39 is 9.05 Å². The van der Waals surface area contributed by atoms with Crippen LogP contribution in [0.25, 0.3) is 0 Å². The van der Waals surface area contributed by atoms with Crippen LogP contribution in [-0.4, -0.2) is 21.4 Å². The van der Waals surface area contributed by atoms with Crippen molar-refractivity contribution < 1.29 is 13.2 Å². The van der Waals surface area contributed by atoms with E-state index in [-0.39, 0.29) is 17.2 Å². The maximum Gasteiger partial charge on any atom is 0.263 e. The van der Waals surface area contributed by atoms with E-state index in [2.05, 4.69) is 0 Å². The Morgan fingerprint density at radius 3 is 2.56 bits per heavy atom. The second-order valence-corrected chi connectivity index (χ2v) is 6.37. The number of hydrogen-bond acceptors (Lipinski definition) is 3. The second kappa shape index (κ2) is 3.46. The molecule has 1 aromatic carbocycles. The number of hydrogen-bond donors (Lipinski definition) is 0. The summed E-state index contributed by atoms with van der Waals surface area (Å²) >= 11 is 0. The van der Waals surface area contributed by atoms with E-state index in [4.69, 9.17) is 10.7 Å². The highest BCUT2D eigenvalue weighted by Crippen LogP contribution is 2.36. The Morgan fingerprint density at radius 1 is 1.38 bits per heavy atom. The van der Waals surface area contributed by atoms with Crippen LogP contribution in [0.1, 0.15) is 11.1 Å². The molecule has 0 saturated heterocycles. The lowest BCUT2D eigenvalue weighted by Gasteiger charge is -2.14. The minimum Gasteiger partial charge on any atom is -0.314 e. The number of aryl methyl sites for hydroxylation is 1. The molecule has 16 heavy (non-hydrogen) atoms. The number of carbonyl (C=O) groups excluding carboxylic acids is 1. The van der Waals surface area contributed by atoms with Gasteiger partial charge >= 0.3 is 0 Å². The second-order valence-electron chi connectivity index (χ2n) is 3.84. The molecule has 1 amide bonds. The van der Waals surface area contributed by atoms with Gasteiger partial charge in [0.15, 0.2) is 0 Å². The van der Waals surface area contributed by atoms with Crippen molar-refractivity contribution in [3.8, 4) is 0 Å². The van der Waals surface area contributed by atoms with Crippen LogP contribution in [0.15, 0.2) is 17.0 Å². The van der Waals surface area contributed by atoms with E-state index >= 15 is 0 Å². The Labute approximate surface area is 98.2 Å². The lowest BCUT2D eigenvalue weighted by Crippen LogP contribution is -2.21. The van der Waals surface area contributed by atoms with Crippen molar-refractivity contribution in [2.45, 2.75) is 18.2 Å². The molecule has 1 heterocycles. The van der Waals surface area contributed by atoms with Crippen molar-refractivity contribution in [3.63, 3.8) is 0 Å². The zero-order valence-corrected chi connectivity index (χ0v) is 10.4. The zero-order valence-electron chi connectivity index (χ0n) is 8.82. The molecule has 0 spiro atoms. The van der Waals surface area contributed by atoms with Gasteiger partial charge in [0.25, 0.3) is 9.05 Å². The zero-order chi connectivity index (χ0) is 12.1. The molecule has 0 N–H and O–H groups in total. The quantitative estimate of drug-likeness (QED) is 0.717. The van der Waals surface area contributed by atoms with Crippen molar-refractivity contribution >= 4 is 31.3 Å². The third kappa shape index (κ3) is 1.70. The van der Waals surface area contributed by atoms with Gasteiger partial charge in [-0.15, -0.1) is 0 Å². The smallest absolute Gasteiger partial charge is 0.263 e. The predicted octanol–water partition coefficient (Wildman–Crippen LogP) is 1.44. The van der Waals surface area contributed by atoms with Crippen molar-refractivity contribution in [2.75, 3.05) is 11.9 Å². The van der Waals surface area contributed by atoms with Crippen LogP contribution in [0.5, 0.6) is 0 Å². The van der Waals surface area contributed by atoms with Crippen LogP contribution in [-0.2, 0) is 20.3 Å². The van der Waals surface area contributed by atoms with Crippen LogP contribution in [0.2, 0.25) is 0 Å². The van der Waals surface area contributed by atoms with E-state index in [1.54, 1.807) is 14.0 Å². The molecule has 0 aromatic heterocycles. The first-order valence-electron chi connectivity index (χ1n) is 4.65. The number of halogens is 1. The van der Waals surface area contributed by atoms with Crippen LogP contribution < -0.4 is 4.90 Å². The summed E-state index contributed by atoms with van der Waals surface area (Å²) in [4.78, 5) is 12.9. The molecule has 0 saturated carbocycles. The van der Waals surface area contributed by atoms with E-state index in [1.165, 1.54) is 11.0 Å².